The van der Waals surface area contributed by atoms with Gasteiger partial charge in [-0.2, -0.15) is 8.42 Å². The van der Waals surface area contributed by atoms with Crippen LogP contribution in [0, 0.1) is 34.5 Å². The first-order valence-electron chi connectivity index (χ1n) is 10.1. The fourth-order valence-corrected chi connectivity index (χ4v) is 7.80. The number of hydrogen-bond donors (Lipinski definition) is 2. The average molecular weight is 422 g/mol. The van der Waals surface area contributed by atoms with Crippen LogP contribution in [0.5, 0.6) is 0 Å². The Morgan fingerprint density at radius 1 is 1.14 bits per heavy atom. The number of rotatable bonds is 3. The van der Waals surface area contributed by atoms with Gasteiger partial charge in [0.15, 0.2) is 0 Å². The van der Waals surface area contributed by atoms with Crippen molar-refractivity contribution in [1.29, 1.82) is 0 Å². The van der Waals surface area contributed by atoms with Crippen molar-refractivity contribution in [2.45, 2.75) is 71.3 Å². The zero-order valence-electron chi connectivity index (χ0n) is 17.1. The van der Waals surface area contributed by atoms with Gasteiger partial charge < -0.3 is 5.11 Å². The van der Waals surface area contributed by atoms with Crippen LogP contribution in [0.3, 0.4) is 0 Å². The number of carboxylic acid groups (broad SMARTS) is 1. The molecule has 0 heterocycles. The third-order valence-electron chi connectivity index (χ3n) is 8.61. The number of allylic oxidation sites excluding steroid dienone is 1. The fourth-order valence-electron chi connectivity index (χ4n) is 7.29. The van der Waals surface area contributed by atoms with E-state index in [1.165, 1.54) is 5.57 Å². The molecule has 0 bridgehead atoms. The Labute approximate surface area is 189 Å². The van der Waals surface area contributed by atoms with Crippen LogP contribution in [0.15, 0.2) is 11.6 Å². The van der Waals surface area contributed by atoms with E-state index in [2.05, 4.69) is 19.9 Å². The van der Waals surface area contributed by atoms with Gasteiger partial charge in [0.1, 0.15) is 0 Å². The molecular formula is C20H30NaO6S+. The summed E-state index contributed by atoms with van der Waals surface area (Å²) in [6.45, 7) is 4.49. The van der Waals surface area contributed by atoms with Crippen molar-refractivity contribution >= 4 is 16.4 Å². The minimum atomic E-state index is -4.42. The minimum Gasteiger partial charge on any atom is -0.481 e. The first-order valence-corrected chi connectivity index (χ1v) is 11.5. The number of hydrogen-bond acceptors (Lipinski definition) is 4. The van der Waals surface area contributed by atoms with Crippen molar-refractivity contribution in [2.24, 2.45) is 34.5 Å². The summed E-state index contributed by atoms with van der Waals surface area (Å²) in [5, 5.41) is 9.68. The molecule has 152 valence electrons. The summed E-state index contributed by atoms with van der Waals surface area (Å²) in [4.78, 5) is 11.8. The second-order valence-electron chi connectivity index (χ2n) is 9.66. The molecule has 28 heavy (non-hydrogen) atoms. The minimum absolute atomic E-state index is 0. The van der Waals surface area contributed by atoms with Crippen molar-refractivity contribution < 1.29 is 56.6 Å². The van der Waals surface area contributed by atoms with Gasteiger partial charge in [0.05, 0.1) is 12.0 Å². The molecule has 0 aliphatic heterocycles. The quantitative estimate of drug-likeness (QED) is 0.398. The van der Waals surface area contributed by atoms with E-state index in [1.807, 2.05) is 0 Å². The number of carboxylic acids is 1. The summed E-state index contributed by atoms with van der Waals surface area (Å²) < 4.78 is 36.0. The Balaban J connectivity index is 0.00000225. The third-order valence-corrected chi connectivity index (χ3v) is 9.13. The van der Waals surface area contributed by atoms with Crippen LogP contribution >= 0.6 is 0 Å². The van der Waals surface area contributed by atoms with Crippen molar-refractivity contribution in [3.63, 3.8) is 0 Å². The molecule has 3 saturated carbocycles. The molecule has 0 aromatic rings. The summed E-state index contributed by atoms with van der Waals surface area (Å²) >= 11 is 0. The number of fused-ring (bicyclic) bond motifs is 5. The smallest absolute Gasteiger partial charge is 0.481 e. The maximum Gasteiger partial charge on any atom is 1.00 e. The summed E-state index contributed by atoms with van der Waals surface area (Å²) in [5.74, 6) is 0.634. The molecule has 0 saturated heterocycles. The first-order chi connectivity index (χ1) is 12.5. The standard InChI is InChI=1S/C20H30O6S.Na/c1-19-9-7-13(26-27(23,24)25)11-12(19)3-4-14-15-5-6-17(18(21)22)20(15,2)10-8-16(14)19;/h3,13-17H,4-11H2,1-2H3,(H,21,22)(H,23,24,25);/q;+1/t13?,14?,15?,16?,17-,19+,20+;/m1./s1. The van der Waals surface area contributed by atoms with Gasteiger partial charge in [-0.1, -0.05) is 25.5 Å². The molecule has 0 aromatic heterocycles. The van der Waals surface area contributed by atoms with E-state index < -0.39 is 22.5 Å². The summed E-state index contributed by atoms with van der Waals surface area (Å²) in [6, 6.07) is 0. The second kappa shape index (κ2) is 7.65. The zero-order chi connectivity index (χ0) is 19.6. The van der Waals surface area contributed by atoms with Crippen LogP contribution in [0.1, 0.15) is 65.2 Å². The normalized spacial score (nSPS) is 45.1. The number of carbonyl (C=O) groups is 1. The van der Waals surface area contributed by atoms with Crippen molar-refractivity contribution in [3.8, 4) is 0 Å². The summed E-state index contributed by atoms with van der Waals surface area (Å²) in [5.41, 5.74) is 1.20. The van der Waals surface area contributed by atoms with E-state index in [-0.39, 0.29) is 46.3 Å². The molecule has 8 heteroatoms. The molecule has 0 radical (unpaired) electrons. The fraction of sp³-hybridized carbons (Fsp3) is 0.850. The molecule has 0 spiro atoms. The summed E-state index contributed by atoms with van der Waals surface area (Å²) in [7, 11) is -4.42. The Bertz CT molecular complexity index is 780. The maximum atomic E-state index is 11.8. The van der Waals surface area contributed by atoms with E-state index >= 15 is 0 Å². The van der Waals surface area contributed by atoms with Crippen LogP contribution < -0.4 is 29.6 Å². The molecule has 6 nitrogen and oxygen atoms in total. The molecule has 4 unspecified atom stereocenters. The molecular weight excluding hydrogens is 391 g/mol. The Morgan fingerprint density at radius 2 is 1.86 bits per heavy atom. The van der Waals surface area contributed by atoms with Crippen molar-refractivity contribution in [2.75, 3.05) is 0 Å². The Kier molecular flexibility index (Phi) is 6.21. The van der Waals surface area contributed by atoms with E-state index in [4.69, 9.17) is 8.74 Å². The van der Waals surface area contributed by atoms with Gasteiger partial charge in [-0.3, -0.25) is 9.35 Å². The largest absolute Gasteiger partial charge is 1.00 e. The molecule has 3 fully saturated rings. The number of aliphatic carboxylic acids is 1. The second-order valence-corrected chi connectivity index (χ2v) is 10.7. The monoisotopic (exact) mass is 421 g/mol. The topological polar surface area (TPSA) is 101 Å². The van der Waals surface area contributed by atoms with E-state index in [0.29, 0.717) is 30.6 Å². The molecule has 4 aliphatic rings. The zero-order valence-corrected chi connectivity index (χ0v) is 19.9. The van der Waals surface area contributed by atoms with Gasteiger partial charge >= 0.3 is 45.9 Å². The van der Waals surface area contributed by atoms with E-state index in [0.717, 1.165) is 38.5 Å². The van der Waals surface area contributed by atoms with Gasteiger partial charge in [-0.05, 0) is 80.0 Å². The van der Waals surface area contributed by atoms with Crippen LogP contribution in [-0.4, -0.2) is 30.2 Å². The maximum absolute atomic E-state index is 11.8. The SMILES string of the molecule is C[C@]12CCC(OS(=O)(=O)O)CC1=CCC1C2CC[C@@]2(C)C1CC[C@@H]2C(=O)O.[Na+]. The van der Waals surface area contributed by atoms with Crippen LogP contribution in [-0.2, 0) is 19.4 Å². The Morgan fingerprint density at radius 3 is 2.50 bits per heavy atom. The molecule has 4 aliphatic carbocycles. The van der Waals surface area contributed by atoms with Crippen molar-refractivity contribution in [1.82, 2.24) is 0 Å². The van der Waals surface area contributed by atoms with Gasteiger partial charge in [0, 0.05) is 0 Å². The van der Waals surface area contributed by atoms with Crippen LogP contribution in [0.4, 0.5) is 0 Å². The van der Waals surface area contributed by atoms with Gasteiger partial charge in [-0.15, -0.1) is 0 Å². The first kappa shape index (κ1) is 22.8. The molecule has 7 atom stereocenters. The summed E-state index contributed by atoms with van der Waals surface area (Å²) in [6.07, 6.45) is 8.55. The van der Waals surface area contributed by atoms with Crippen molar-refractivity contribution in [3.05, 3.63) is 11.6 Å². The van der Waals surface area contributed by atoms with E-state index in [1.54, 1.807) is 0 Å². The predicted molar refractivity (Wildman–Crippen MR) is 99.3 cm³/mol. The molecule has 0 amide bonds. The van der Waals surface area contributed by atoms with Crippen LogP contribution in [0.25, 0.3) is 0 Å². The molecule has 2 N–H and O–H groups in total. The van der Waals surface area contributed by atoms with Gasteiger partial charge in [0.25, 0.3) is 0 Å². The molecule has 4 rings (SSSR count). The Hall–Kier alpha value is 0.0800. The average Bonchev–Trinajstić information content (AvgIpc) is 2.91. The predicted octanol–water partition coefficient (Wildman–Crippen LogP) is 0.842. The molecule has 0 aromatic carbocycles. The van der Waals surface area contributed by atoms with Gasteiger partial charge in [0.2, 0.25) is 0 Å². The van der Waals surface area contributed by atoms with Crippen LogP contribution in [0.2, 0.25) is 0 Å². The van der Waals surface area contributed by atoms with E-state index in [9.17, 15) is 18.3 Å². The third kappa shape index (κ3) is 3.65. The van der Waals surface area contributed by atoms with Gasteiger partial charge in [-0.25, -0.2) is 4.18 Å².